The van der Waals surface area contributed by atoms with Crippen molar-refractivity contribution in [2.75, 3.05) is 66.0 Å². The Morgan fingerprint density at radius 3 is 2.25 bits per heavy atom. The van der Waals surface area contributed by atoms with Gasteiger partial charge in [0.05, 0.1) is 6.61 Å². The molecule has 0 aromatic carbocycles. The van der Waals surface area contributed by atoms with E-state index in [0.717, 1.165) is 58.1 Å². The maximum atomic E-state index is 11.8. The summed E-state index contributed by atoms with van der Waals surface area (Å²) in [6.45, 7) is 10.4. The fourth-order valence-electron chi connectivity index (χ4n) is 3.43. The van der Waals surface area contributed by atoms with Crippen LogP contribution in [-0.2, 0) is 9.53 Å². The standard InChI is InChI=1S/C18H34N6O3.HI/c1-4-27-18(26)24-8-5-16(6-9-24)21-17(19-3)20-7-10-22-11-13-23(14-12-22)15(2)25;/h16H,4-14H2,1-3H3,(H2,19,20,21);1H. The molecule has 0 aromatic heterocycles. The number of piperidine rings is 1. The highest BCUT2D eigenvalue weighted by molar-refractivity contribution is 14.0. The minimum atomic E-state index is -0.219. The van der Waals surface area contributed by atoms with Gasteiger partial charge in [-0.3, -0.25) is 14.7 Å². The van der Waals surface area contributed by atoms with Gasteiger partial charge in [0.2, 0.25) is 5.91 Å². The van der Waals surface area contributed by atoms with Gasteiger partial charge in [-0.2, -0.15) is 0 Å². The topological polar surface area (TPSA) is 89.5 Å². The third-order valence-electron chi connectivity index (χ3n) is 5.12. The largest absolute Gasteiger partial charge is 0.450 e. The summed E-state index contributed by atoms with van der Waals surface area (Å²) in [4.78, 5) is 33.4. The lowest BCUT2D eigenvalue weighted by molar-refractivity contribution is -0.130. The second-order valence-corrected chi connectivity index (χ2v) is 6.95. The molecule has 0 aliphatic carbocycles. The van der Waals surface area contributed by atoms with Crippen LogP contribution in [0.4, 0.5) is 4.79 Å². The monoisotopic (exact) mass is 510 g/mol. The number of nitrogens with zero attached hydrogens (tertiary/aromatic N) is 4. The molecule has 2 heterocycles. The number of rotatable bonds is 5. The van der Waals surface area contributed by atoms with E-state index in [1.165, 1.54) is 0 Å². The molecule has 0 spiro atoms. The maximum Gasteiger partial charge on any atom is 0.409 e. The van der Waals surface area contributed by atoms with Crippen molar-refractivity contribution in [1.82, 2.24) is 25.3 Å². The Balaban J connectivity index is 0.00000392. The Labute approximate surface area is 185 Å². The van der Waals surface area contributed by atoms with E-state index >= 15 is 0 Å². The Bertz CT molecular complexity index is 517. The highest BCUT2D eigenvalue weighted by atomic mass is 127. The van der Waals surface area contributed by atoms with Crippen molar-refractivity contribution in [3.8, 4) is 0 Å². The molecule has 0 aromatic rings. The molecule has 28 heavy (non-hydrogen) atoms. The molecule has 0 bridgehead atoms. The number of aliphatic imine (C=N–C) groups is 1. The number of hydrogen-bond donors (Lipinski definition) is 2. The van der Waals surface area contributed by atoms with Crippen molar-refractivity contribution in [2.45, 2.75) is 32.7 Å². The predicted octanol–water partition coefficient (Wildman–Crippen LogP) is 0.554. The number of halogens is 1. The van der Waals surface area contributed by atoms with Crippen LogP contribution < -0.4 is 10.6 Å². The number of carbonyl (C=O) groups is 2. The van der Waals surface area contributed by atoms with Crippen molar-refractivity contribution in [2.24, 2.45) is 4.99 Å². The maximum absolute atomic E-state index is 11.8. The zero-order valence-electron chi connectivity index (χ0n) is 17.3. The molecule has 0 radical (unpaired) electrons. The van der Waals surface area contributed by atoms with E-state index in [4.69, 9.17) is 4.74 Å². The normalized spacial score (nSPS) is 19.0. The number of ether oxygens (including phenoxy) is 1. The lowest BCUT2D eigenvalue weighted by Gasteiger charge is -2.34. The average molecular weight is 510 g/mol. The summed E-state index contributed by atoms with van der Waals surface area (Å²) in [5.74, 6) is 0.957. The lowest BCUT2D eigenvalue weighted by atomic mass is 10.1. The number of hydrogen-bond acceptors (Lipinski definition) is 5. The smallest absolute Gasteiger partial charge is 0.409 e. The summed E-state index contributed by atoms with van der Waals surface area (Å²) in [6.07, 6.45) is 1.54. The van der Waals surface area contributed by atoms with Crippen molar-refractivity contribution in [3.63, 3.8) is 0 Å². The van der Waals surface area contributed by atoms with Gasteiger partial charge < -0.3 is 25.2 Å². The summed E-state index contributed by atoms with van der Waals surface area (Å²) < 4.78 is 5.05. The number of carbonyl (C=O) groups excluding carboxylic acids is 2. The minimum absolute atomic E-state index is 0. The molecule has 2 N–H and O–H groups in total. The van der Waals surface area contributed by atoms with E-state index in [-0.39, 0.29) is 36.0 Å². The Morgan fingerprint density at radius 2 is 1.71 bits per heavy atom. The van der Waals surface area contributed by atoms with Crippen molar-refractivity contribution >= 4 is 41.9 Å². The lowest BCUT2D eigenvalue weighted by Crippen LogP contribution is -2.52. The molecule has 2 aliphatic heterocycles. The predicted molar refractivity (Wildman–Crippen MR) is 120 cm³/mol. The molecule has 0 atom stereocenters. The number of nitrogens with one attached hydrogen (secondary N) is 2. The fraction of sp³-hybridized carbons (Fsp3) is 0.833. The molecule has 162 valence electrons. The second kappa shape index (κ2) is 13.0. The minimum Gasteiger partial charge on any atom is -0.450 e. The Hall–Kier alpha value is -1.30. The van der Waals surface area contributed by atoms with Crippen LogP contribution in [0.2, 0.25) is 0 Å². The Kier molecular flexibility index (Phi) is 11.5. The number of piperazine rings is 1. The van der Waals surface area contributed by atoms with Crippen LogP contribution in [0.25, 0.3) is 0 Å². The highest BCUT2D eigenvalue weighted by Crippen LogP contribution is 2.11. The highest BCUT2D eigenvalue weighted by Gasteiger charge is 2.24. The van der Waals surface area contributed by atoms with Gasteiger partial charge in [-0.05, 0) is 19.8 Å². The summed E-state index contributed by atoms with van der Waals surface area (Å²) >= 11 is 0. The van der Waals surface area contributed by atoms with Gasteiger partial charge in [-0.1, -0.05) is 0 Å². The number of likely N-dealkylation sites (tertiary alicyclic amines) is 1. The van der Waals surface area contributed by atoms with E-state index in [9.17, 15) is 9.59 Å². The van der Waals surface area contributed by atoms with Crippen LogP contribution in [0.5, 0.6) is 0 Å². The molecule has 0 saturated carbocycles. The van der Waals surface area contributed by atoms with E-state index in [1.807, 2.05) is 11.8 Å². The van der Waals surface area contributed by atoms with E-state index in [2.05, 4.69) is 20.5 Å². The van der Waals surface area contributed by atoms with E-state index in [0.29, 0.717) is 25.7 Å². The quantitative estimate of drug-likeness (QED) is 0.319. The van der Waals surface area contributed by atoms with Crippen LogP contribution >= 0.6 is 24.0 Å². The summed E-state index contributed by atoms with van der Waals surface area (Å²) in [6, 6.07) is 0.306. The van der Waals surface area contributed by atoms with Gasteiger partial charge >= 0.3 is 6.09 Å². The van der Waals surface area contributed by atoms with Crippen LogP contribution in [-0.4, -0.2) is 105 Å². The van der Waals surface area contributed by atoms with Crippen molar-refractivity contribution < 1.29 is 14.3 Å². The first-order valence-corrected chi connectivity index (χ1v) is 9.90. The molecule has 2 rings (SSSR count). The molecule has 9 nitrogen and oxygen atoms in total. The summed E-state index contributed by atoms with van der Waals surface area (Å²) in [7, 11) is 1.77. The molecule has 2 amide bonds. The van der Waals surface area contributed by atoms with Crippen LogP contribution in [0.1, 0.15) is 26.7 Å². The zero-order valence-corrected chi connectivity index (χ0v) is 19.6. The molecular formula is C18H35IN6O3. The van der Waals surface area contributed by atoms with Crippen molar-refractivity contribution in [3.05, 3.63) is 0 Å². The van der Waals surface area contributed by atoms with Crippen molar-refractivity contribution in [1.29, 1.82) is 0 Å². The SMILES string of the molecule is CCOC(=O)N1CCC(NC(=NC)NCCN2CCN(C(C)=O)CC2)CC1.I. The third kappa shape index (κ3) is 7.98. The average Bonchev–Trinajstić information content (AvgIpc) is 2.68. The van der Waals surface area contributed by atoms with Crippen LogP contribution in [0.15, 0.2) is 4.99 Å². The zero-order chi connectivity index (χ0) is 19.6. The third-order valence-corrected chi connectivity index (χ3v) is 5.12. The summed E-state index contributed by atoms with van der Waals surface area (Å²) in [5, 5.41) is 6.81. The molecule has 0 unspecified atom stereocenters. The van der Waals surface area contributed by atoms with Gasteiger partial charge in [-0.25, -0.2) is 4.79 Å². The van der Waals surface area contributed by atoms with Gasteiger partial charge in [-0.15, -0.1) is 24.0 Å². The first kappa shape index (κ1) is 24.7. The van der Waals surface area contributed by atoms with E-state index < -0.39 is 0 Å². The van der Waals surface area contributed by atoms with Gasteiger partial charge in [0.1, 0.15) is 0 Å². The Morgan fingerprint density at radius 1 is 1.07 bits per heavy atom. The molecule has 2 fully saturated rings. The van der Waals surface area contributed by atoms with Crippen LogP contribution in [0.3, 0.4) is 0 Å². The van der Waals surface area contributed by atoms with Gasteiger partial charge in [0.25, 0.3) is 0 Å². The molecular weight excluding hydrogens is 475 g/mol. The fourth-order valence-corrected chi connectivity index (χ4v) is 3.43. The summed E-state index contributed by atoms with van der Waals surface area (Å²) in [5.41, 5.74) is 0. The first-order valence-electron chi connectivity index (χ1n) is 9.90. The van der Waals surface area contributed by atoms with Crippen LogP contribution in [0, 0.1) is 0 Å². The second-order valence-electron chi connectivity index (χ2n) is 6.95. The number of guanidine groups is 1. The van der Waals surface area contributed by atoms with E-state index in [1.54, 1.807) is 18.9 Å². The van der Waals surface area contributed by atoms with Gasteiger partial charge in [0, 0.05) is 72.4 Å². The molecule has 2 saturated heterocycles. The van der Waals surface area contributed by atoms with Gasteiger partial charge in [0.15, 0.2) is 5.96 Å². The first-order chi connectivity index (χ1) is 13.0. The molecule has 10 heteroatoms. The number of amides is 2. The molecule has 2 aliphatic rings.